The molecule has 2 aromatic rings. The minimum atomic E-state index is -1.13. The van der Waals surface area contributed by atoms with Gasteiger partial charge in [-0.3, -0.25) is 4.57 Å². The Morgan fingerprint density at radius 3 is 2.16 bits per heavy atom. The highest BCUT2D eigenvalue weighted by molar-refractivity contribution is 6.14. The Kier molecular flexibility index (Phi) is 9.99. The smallest absolute Gasteiger partial charge is 0.419 e. The summed E-state index contributed by atoms with van der Waals surface area (Å²) in [6.45, 7) is 12.3. The SMILES string of the molecule is CCC[C@H](C/C=C(\C(=O)O)c1cn(-c2ccccn2)cn1)CN(C(=O)OC(C)(C)C)C(=O)OC(C)(C)C. The van der Waals surface area contributed by atoms with Crippen molar-refractivity contribution < 1.29 is 29.0 Å². The van der Waals surface area contributed by atoms with Gasteiger partial charge in [0.2, 0.25) is 0 Å². The number of imidazole rings is 1. The van der Waals surface area contributed by atoms with Crippen molar-refractivity contribution in [2.45, 2.75) is 78.9 Å². The molecule has 0 spiro atoms. The largest absolute Gasteiger partial charge is 0.478 e. The van der Waals surface area contributed by atoms with Gasteiger partial charge in [0, 0.05) is 18.9 Å². The van der Waals surface area contributed by atoms with Crippen molar-refractivity contribution in [3.8, 4) is 5.82 Å². The Balaban J connectivity index is 2.30. The fraction of sp³-hybridized carbons (Fsp3) is 0.519. The van der Waals surface area contributed by atoms with Crippen LogP contribution in [0.15, 0.2) is 43.0 Å². The topological polar surface area (TPSA) is 124 Å². The molecule has 0 fully saturated rings. The van der Waals surface area contributed by atoms with Crippen LogP contribution < -0.4 is 0 Å². The van der Waals surface area contributed by atoms with E-state index in [0.717, 1.165) is 11.3 Å². The molecule has 37 heavy (non-hydrogen) atoms. The molecule has 0 saturated carbocycles. The Hall–Kier alpha value is -3.69. The lowest BCUT2D eigenvalue weighted by molar-refractivity contribution is -0.130. The Morgan fingerprint density at radius 2 is 1.68 bits per heavy atom. The molecule has 10 nitrogen and oxygen atoms in total. The fourth-order valence-corrected chi connectivity index (χ4v) is 3.49. The number of rotatable bonds is 9. The first-order valence-corrected chi connectivity index (χ1v) is 12.3. The first kappa shape index (κ1) is 29.5. The Labute approximate surface area is 218 Å². The number of pyridine rings is 1. The molecule has 2 amide bonds. The molecule has 2 rings (SSSR count). The molecule has 2 aromatic heterocycles. The van der Waals surface area contributed by atoms with Gasteiger partial charge in [0.15, 0.2) is 0 Å². The number of carbonyl (C=O) groups is 3. The van der Waals surface area contributed by atoms with Crippen molar-refractivity contribution in [1.82, 2.24) is 19.4 Å². The molecular weight excluding hydrogens is 476 g/mol. The van der Waals surface area contributed by atoms with Gasteiger partial charge in [0.1, 0.15) is 23.3 Å². The lowest BCUT2D eigenvalue weighted by Gasteiger charge is -2.30. The van der Waals surface area contributed by atoms with E-state index in [1.54, 1.807) is 76.7 Å². The van der Waals surface area contributed by atoms with E-state index in [1.165, 1.54) is 6.33 Å². The monoisotopic (exact) mass is 514 g/mol. The van der Waals surface area contributed by atoms with Crippen molar-refractivity contribution in [2.24, 2.45) is 5.92 Å². The van der Waals surface area contributed by atoms with E-state index in [4.69, 9.17) is 9.47 Å². The molecule has 0 aliphatic heterocycles. The van der Waals surface area contributed by atoms with Crippen LogP contribution in [0.1, 0.15) is 73.4 Å². The third-order valence-corrected chi connectivity index (χ3v) is 5.02. The molecule has 1 atom stereocenters. The minimum Gasteiger partial charge on any atom is -0.478 e. The first-order chi connectivity index (χ1) is 17.2. The summed E-state index contributed by atoms with van der Waals surface area (Å²) in [4.78, 5) is 47.3. The quantitative estimate of drug-likeness (QED) is 0.422. The summed E-state index contributed by atoms with van der Waals surface area (Å²) in [7, 11) is 0. The van der Waals surface area contributed by atoms with Gasteiger partial charge in [0.05, 0.1) is 11.3 Å². The summed E-state index contributed by atoms with van der Waals surface area (Å²) in [6.07, 6.45) is 6.43. The van der Waals surface area contributed by atoms with Gasteiger partial charge < -0.3 is 14.6 Å². The lowest BCUT2D eigenvalue weighted by atomic mass is 9.97. The van der Waals surface area contributed by atoms with Gasteiger partial charge in [-0.1, -0.05) is 25.5 Å². The summed E-state index contributed by atoms with van der Waals surface area (Å²) in [5.74, 6) is -0.741. The predicted octanol–water partition coefficient (Wildman–Crippen LogP) is 5.71. The number of ether oxygens (including phenoxy) is 2. The number of carboxylic acid groups (broad SMARTS) is 1. The molecule has 202 valence electrons. The van der Waals surface area contributed by atoms with Crippen molar-refractivity contribution in [2.75, 3.05) is 6.54 Å². The fourth-order valence-electron chi connectivity index (χ4n) is 3.49. The number of carbonyl (C=O) groups excluding carboxylic acids is 2. The van der Waals surface area contributed by atoms with Crippen LogP contribution in [-0.2, 0) is 14.3 Å². The number of aromatic nitrogens is 3. The second-order valence-electron chi connectivity index (χ2n) is 10.7. The average molecular weight is 515 g/mol. The molecule has 0 unspecified atom stereocenters. The van der Waals surface area contributed by atoms with Gasteiger partial charge >= 0.3 is 18.2 Å². The van der Waals surface area contributed by atoms with Crippen LogP contribution in [-0.4, -0.2) is 60.4 Å². The van der Waals surface area contributed by atoms with Crippen LogP contribution in [0.2, 0.25) is 0 Å². The number of allylic oxidation sites excluding steroid dienone is 1. The van der Waals surface area contributed by atoms with Gasteiger partial charge in [-0.25, -0.2) is 29.3 Å². The summed E-state index contributed by atoms with van der Waals surface area (Å²) >= 11 is 0. The van der Waals surface area contributed by atoms with Crippen LogP contribution in [0.5, 0.6) is 0 Å². The molecule has 0 aromatic carbocycles. The number of hydrogen-bond acceptors (Lipinski definition) is 7. The highest BCUT2D eigenvalue weighted by atomic mass is 16.6. The second kappa shape index (κ2) is 12.5. The summed E-state index contributed by atoms with van der Waals surface area (Å²) in [6, 6.07) is 5.40. The molecule has 0 aliphatic rings. The van der Waals surface area contributed by atoms with E-state index in [0.29, 0.717) is 18.7 Å². The van der Waals surface area contributed by atoms with Crippen molar-refractivity contribution >= 4 is 23.7 Å². The maximum absolute atomic E-state index is 12.9. The number of amides is 2. The molecule has 0 aliphatic carbocycles. The third kappa shape index (κ3) is 9.70. The van der Waals surface area contributed by atoms with Crippen molar-refractivity contribution in [3.63, 3.8) is 0 Å². The van der Waals surface area contributed by atoms with Gasteiger partial charge in [-0.2, -0.15) is 0 Å². The van der Waals surface area contributed by atoms with Crippen molar-refractivity contribution in [1.29, 1.82) is 0 Å². The molecule has 0 bridgehead atoms. The van der Waals surface area contributed by atoms with E-state index in [-0.39, 0.29) is 23.7 Å². The Bertz CT molecular complexity index is 1070. The second-order valence-corrected chi connectivity index (χ2v) is 10.7. The highest BCUT2D eigenvalue weighted by Crippen LogP contribution is 2.23. The maximum Gasteiger partial charge on any atom is 0.419 e. The normalized spacial score (nSPS) is 13.1. The summed E-state index contributed by atoms with van der Waals surface area (Å²) in [5, 5.41) is 9.87. The molecular formula is C27H38N4O6. The number of hydrogen-bond donors (Lipinski definition) is 1. The maximum atomic E-state index is 12.9. The third-order valence-electron chi connectivity index (χ3n) is 5.02. The minimum absolute atomic E-state index is 0.0173. The van der Waals surface area contributed by atoms with E-state index in [2.05, 4.69) is 9.97 Å². The average Bonchev–Trinajstić information content (AvgIpc) is 3.25. The van der Waals surface area contributed by atoms with E-state index >= 15 is 0 Å². The van der Waals surface area contributed by atoms with Crippen molar-refractivity contribution in [3.05, 3.63) is 48.7 Å². The van der Waals surface area contributed by atoms with E-state index < -0.39 is 29.4 Å². The number of carboxylic acids is 1. The standard InChI is InChI=1S/C27H38N4O6/c1-8-11-19(16-31(24(34)36-26(2,3)4)25(35)37-27(5,6)7)13-14-20(23(32)33)21-17-30(18-29-21)22-12-9-10-15-28-22/h9-10,12,14-15,17-19H,8,11,13,16H2,1-7H3,(H,32,33)/b20-14-/t19-/m1/s1. The summed E-state index contributed by atoms with van der Waals surface area (Å²) < 4.78 is 12.5. The van der Waals surface area contributed by atoms with Gasteiger partial charge in [-0.05, 0) is 72.4 Å². The zero-order valence-corrected chi connectivity index (χ0v) is 22.7. The van der Waals surface area contributed by atoms with Crippen LogP contribution in [0.25, 0.3) is 11.4 Å². The van der Waals surface area contributed by atoms with Crippen LogP contribution in [0.4, 0.5) is 9.59 Å². The zero-order chi connectivity index (χ0) is 27.8. The molecule has 1 N–H and O–H groups in total. The molecule has 0 radical (unpaired) electrons. The summed E-state index contributed by atoms with van der Waals surface area (Å²) in [5.41, 5.74) is -1.30. The van der Waals surface area contributed by atoms with Crippen LogP contribution in [0, 0.1) is 5.92 Å². The molecule has 2 heterocycles. The number of nitrogens with zero attached hydrogens (tertiary/aromatic N) is 4. The molecule has 0 saturated heterocycles. The highest BCUT2D eigenvalue weighted by Gasteiger charge is 2.32. The predicted molar refractivity (Wildman–Crippen MR) is 139 cm³/mol. The van der Waals surface area contributed by atoms with E-state index in [1.807, 2.05) is 13.0 Å². The van der Waals surface area contributed by atoms with Gasteiger partial charge in [0.25, 0.3) is 0 Å². The number of aliphatic carboxylic acids is 1. The first-order valence-electron chi connectivity index (χ1n) is 12.3. The number of imide groups is 1. The van der Waals surface area contributed by atoms with Crippen LogP contribution >= 0.6 is 0 Å². The van der Waals surface area contributed by atoms with E-state index in [9.17, 15) is 19.5 Å². The zero-order valence-electron chi connectivity index (χ0n) is 22.7. The molecule has 10 heteroatoms. The Morgan fingerprint density at radius 1 is 1.05 bits per heavy atom. The lowest BCUT2D eigenvalue weighted by Crippen LogP contribution is -2.45. The van der Waals surface area contributed by atoms with Crippen LogP contribution in [0.3, 0.4) is 0 Å². The van der Waals surface area contributed by atoms with Gasteiger partial charge in [-0.15, -0.1) is 0 Å².